The van der Waals surface area contributed by atoms with Crippen LogP contribution in [0.25, 0.3) is 11.0 Å². The smallest absolute Gasteiger partial charge is 0.251 e. The highest BCUT2D eigenvalue weighted by Crippen LogP contribution is 2.06. The van der Waals surface area contributed by atoms with Crippen LogP contribution in [0.2, 0.25) is 0 Å². The summed E-state index contributed by atoms with van der Waals surface area (Å²) in [5.74, 6) is 0.175. The summed E-state index contributed by atoms with van der Waals surface area (Å²) in [4.78, 5) is 19.0. The number of aromatic nitrogens is 3. The second-order valence-electron chi connectivity index (χ2n) is 2.74. The molecule has 0 unspecified atom stereocenters. The molecule has 0 saturated carbocycles. The number of aryl methyl sites for hydroxylation is 1. The Labute approximate surface area is 73.8 Å². The topological polar surface area (TPSA) is 73.8 Å². The molecule has 0 atom stereocenters. The molecule has 13 heavy (non-hydrogen) atoms. The van der Waals surface area contributed by atoms with Crippen molar-refractivity contribution in [2.75, 3.05) is 5.73 Å². The summed E-state index contributed by atoms with van der Waals surface area (Å²) < 4.78 is 1.44. The Balaban J connectivity index is 2.97. The minimum absolute atomic E-state index is 0.106. The first-order chi connectivity index (χ1) is 6.18. The average Bonchev–Trinajstić information content (AvgIpc) is 2.12. The molecule has 0 radical (unpaired) electrons. The van der Waals surface area contributed by atoms with E-state index in [4.69, 9.17) is 5.73 Å². The summed E-state index contributed by atoms with van der Waals surface area (Å²) in [5, 5.41) is 0.802. The van der Waals surface area contributed by atoms with E-state index in [1.54, 1.807) is 19.3 Å². The summed E-state index contributed by atoms with van der Waals surface area (Å²) in [6, 6.07) is 3.15. The number of hydrogen-bond acceptors (Lipinski definition) is 4. The monoisotopic (exact) mass is 176 g/mol. The molecule has 2 N–H and O–H groups in total. The third-order valence-electron chi connectivity index (χ3n) is 1.87. The van der Waals surface area contributed by atoms with Crippen LogP contribution in [0.5, 0.6) is 0 Å². The summed E-state index contributed by atoms with van der Waals surface area (Å²) in [6.45, 7) is 0. The predicted molar refractivity (Wildman–Crippen MR) is 49.2 cm³/mol. The standard InChI is InChI=1S/C8H8N4O/c1-12-6(13)3-2-5-4-10-8(9)11-7(5)12/h2-4H,1H3,(H2,9,10,11). The Kier molecular flexibility index (Phi) is 1.51. The Morgan fingerprint density at radius 2 is 2.23 bits per heavy atom. The van der Waals surface area contributed by atoms with E-state index < -0.39 is 0 Å². The van der Waals surface area contributed by atoms with Gasteiger partial charge in [-0.2, -0.15) is 4.98 Å². The fourth-order valence-electron chi connectivity index (χ4n) is 1.16. The molecule has 0 aromatic carbocycles. The third kappa shape index (κ3) is 1.14. The van der Waals surface area contributed by atoms with Crippen molar-refractivity contribution < 1.29 is 0 Å². The molecule has 0 amide bonds. The van der Waals surface area contributed by atoms with E-state index in [1.165, 1.54) is 10.6 Å². The number of pyridine rings is 1. The average molecular weight is 176 g/mol. The zero-order valence-corrected chi connectivity index (χ0v) is 7.06. The quantitative estimate of drug-likeness (QED) is 0.608. The fourth-order valence-corrected chi connectivity index (χ4v) is 1.16. The molecule has 5 nitrogen and oxygen atoms in total. The maximum Gasteiger partial charge on any atom is 0.251 e. The molecule has 0 aliphatic heterocycles. The molecule has 0 saturated heterocycles. The lowest BCUT2D eigenvalue weighted by Gasteiger charge is -2.02. The molecule has 0 spiro atoms. The van der Waals surface area contributed by atoms with Crippen molar-refractivity contribution in [3.05, 3.63) is 28.7 Å². The molecule has 2 aromatic rings. The second kappa shape index (κ2) is 2.55. The van der Waals surface area contributed by atoms with Gasteiger partial charge >= 0.3 is 0 Å². The summed E-state index contributed by atoms with van der Waals surface area (Å²) in [6.07, 6.45) is 1.59. The van der Waals surface area contributed by atoms with E-state index in [2.05, 4.69) is 9.97 Å². The Hall–Kier alpha value is -1.91. The van der Waals surface area contributed by atoms with Gasteiger partial charge in [-0.15, -0.1) is 0 Å². The van der Waals surface area contributed by atoms with Crippen LogP contribution in [-0.2, 0) is 7.05 Å². The van der Waals surface area contributed by atoms with E-state index in [0.717, 1.165) is 5.39 Å². The van der Waals surface area contributed by atoms with Gasteiger partial charge in [0.1, 0.15) is 5.65 Å². The molecule has 2 heterocycles. The highest BCUT2D eigenvalue weighted by atomic mass is 16.1. The van der Waals surface area contributed by atoms with Crippen LogP contribution in [0.15, 0.2) is 23.1 Å². The first kappa shape index (κ1) is 7.72. The summed E-state index contributed by atoms with van der Waals surface area (Å²) >= 11 is 0. The van der Waals surface area contributed by atoms with Crippen LogP contribution >= 0.6 is 0 Å². The lowest BCUT2D eigenvalue weighted by molar-refractivity contribution is 0.885. The van der Waals surface area contributed by atoms with Crippen LogP contribution in [0.1, 0.15) is 0 Å². The van der Waals surface area contributed by atoms with Crippen LogP contribution < -0.4 is 11.3 Å². The van der Waals surface area contributed by atoms with Gasteiger partial charge in [-0.25, -0.2) is 4.98 Å². The fraction of sp³-hybridized carbons (Fsp3) is 0.125. The number of nitrogens with zero attached hydrogens (tertiary/aromatic N) is 3. The van der Waals surface area contributed by atoms with E-state index in [0.29, 0.717) is 5.65 Å². The van der Waals surface area contributed by atoms with Crippen molar-refractivity contribution in [2.24, 2.45) is 7.05 Å². The van der Waals surface area contributed by atoms with E-state index >= 15 is 0 Å². The molecule has 0 aliphatic rings. The van der Waals surface area contributed by atoms with E-state index in [1.807, 2.05) is 0 Å². The van der Waals surface area contributed by atoms with Crippen LogP contribution in [0.3, 0.4) is 0 Å². The predicted octanol–water partition coefficient (Wildman–Crippen LogP) is -0.0893. The molecular formula is C8H8N4O. The van der Waals surface area contributed by atoms with Gasteiger partial charge in [0.25, 0.3) is 5.56 Å². The van der Waals surface area contributed by atoms with Crippen LogP contribution in [0.4, 0.5) is 5.95 Å². The number of nitrogens with two attached hydrogens (primary N) is 1. The molecule has 2 rings (SSSR count). The maximum absolute atomic E-state index is 11.2. The van der Waals surface area contributed by atoms with Crippen molar-refractivity contribution in [1.82, 2.24) is 14.5 Å². The third-order valence-corrected chi connectivity index (χ3v) is 1.87. The van der Waals surface area contributed by atoms with Crippen molar-refractivity contribution in [2.45, 2.75) is 0 Å². The molecule has 2 aromatic heterocycles. The van der Waals surface area contributed by atoms with Gasteiger partial charge in [-0.3, -0.25) is 9.36 Å². The number of fused-ring (bicyclic) bond motifs is 1. The van der Waals surface area contributed by atoms with E-state index in [9.17, 15) is 4.79 Å². The van der Waals surface area contributed by atoms with Gasteiger partial charge < -0.3 is 5.73 Å². The van der Waals surface area contributed by atoms with Crippen LogP contribution in [0, 0.1) is 0 Å². The maximum atomic E-state index is 11.2. The second-order valence-corrected chi connectivity index (χ2v) is 2.74. The number of nitrogen functional groups attached to an aromatic ring is 1. The van der Waals surface area contributed by atoms with Gasteiger partial charge in [0, 0.05) is 24.7 Å². The molecule has 0 aliphatic carbocycles. The van der Waals surface area contributed by atoms with Gasteiger partial charge in [0.15, 0.2) is 0 Å². The lowest BCUT2D eigenvalue weighted by Crippen LogP contribution is -2.16. The minimum atomic E-state index is -0.106. The molecule has 5 heteroatoms. The summed E-state index contributed by atoms with van der Waals surface area (Å²) in [7, 11) is 1.65. The number of hydrogen-bond donors (Lipinski definition) is 1. The molecule has 0 fully saturated rings. The van der Waals surface area contributed by atoms with Gasteiger partial charge in [-0.1, -0.05) is 0 Å². The van der Waals surface area contributed by atoms with Crippen molar-refractivity contribution >= 4 is 17.0 Å². The highest BCUT2D eigenvalue weighted by Gasteiger charge is 2.00. The van der Waals surface area contributed by atoms with Crippen molar-refractivity contribution in [1.29, 1.82) is 0 Å². The normalized spacial score (nSPS) is 10.5. The summed E-state index contributed by atoms with van der Waals surface area (Å²) in [5.41, 5.74) is 5.85. The first-order valence-corrected chi connectivity index (χ1v) is 3.77. The Morgan fingerprint density at radius 1 is 1.46 bits per heavy atom. The molecule has 66 valence electrons. The van der Waals surface area contributed by atoms with Gasteiger partial charge in [0.2, 0.25) is 5.95 Å². The zero-order valence-electron chi connectivity index (χ0n) is 7.06. The number of rotatable bonds is 0. The highest BCUT2D eigenvalue weighted by molar-refractivity contribution is 5.74. The lowest BCUT2D eigenvalue weighted by atomic mass is 10.3. The van der Waals surface area contributed by atoms with Gasteiger partial charge in [-0.05, 0) is 6.07 Å². The minimum Gasteiger partial charge on any atom is -0.368 e. The first-order valence-electron chi connectivity index (χ1n) is 3.77. The van der Waals surface area contributed by atoms with Crippen molar-refractivity contribution in [3.8, 4) is 0 Å². The van der Waals surface area contributed by atoms with Crippen molar-refractivity contribution in [3.63, 3.8) is 0 Å². The molecular weight excluding hydrogens is 168 g/mol. The van der Waals surface area contributed by atoms with Crippen LogP contribution in [-0.4, -0.2) is 14.5 Å². The Bertz CT molecular complexity index is 517. The van der Waals surface area contributed by atoms with E-state index in [-0.39, 0.29) is 11.5 Å². The Morgan fingerprint density at radius 3 is 3.00 bits per heavy atom. The largest absolute Gasteiger partial charge is 0.368 e. The van der Waals surface area contributed by atoms with Gasteiger partial charge in [0.05, 0.1) is 0 Å². The zero-order chi connectivity index (χ0) is 9.42. The molecule has 0 bridgehead atoms. The number of anilines is 1. The SMILES string of the molecule is Cn1c(=O)ccc2cnc(N)nc21.